The first-order valence-electron chi connectivity index (χ1n) is 8.09. The highest BCUT2D eigenvalue weighted by molar-refractivity contribution is 7.89. The Morgan fingerprint density at radius 1 is 1.35 bits per heavy atom. The van der Waals surface area contributed by atoms with Crippen LogP contribution in [0, 0.1) is 5.92 Å². The van der Waals surface area contributed by atoms with E-state index in [9.17, 15) is 13.5 Å². The minimum absolute atomic E-state index is 0.0155. The molecule has 2 rings (SSSR count). The van der Waals surface area contributed by atoms with E-state index in [1.54, 1.807) is 12.1 Å². The molecule has 0 bridgehead atoms. The van der Waals surface area contributed by atoms with Crippen molar-refractivity contribution in [2.24, 2.45) is 5.92 Å². The second-order valence-electron chi connectivity index (χ2n) is 6.57. The molecule has 2 N–H and O–H groups in total. The van der Waals surface area contributed by atoms with Crippen LogP contribution in [-0.2, 0) is 22.2 Å². The molecule has 144 valence electrons. The van der Waals surface area contributed by atoms with E-state index in [1.165, 1.54) is 23.4 Å². The number of halogens is 2. The Labute approximate surface area is 163 Å². The van der Waals surface area contributed by atoms with Crippen LogP contribution in [0.25, 0.3) is 0 Å². The van der Waals surface area contributed by atoms with E-state index in [-0.39, 0.29) is 29.8 Å². The van der Waals surface area contributed by atoms with Crippen LogP contribution in [0.4, 0.5) is 0 Å². The molecule has 1 heterocycles. The smallest absolute Gasteiger partial charge is 0.211 e. The van der Waals surface area contributed by atoms with Gasteiger partial charge in [0.25, 0.3) is 0 Å². The maximum Gasteiger partial charge on any atom is 0.211 e. The number of benzene rings is 1. The second kappa shape index (κ2) is 8.67. The Balaban J connectivity index is 2.26. The van der Waals surface area contributed by atoms with Crippen molar-refractivity contribution in [3.8, 4) is 0 Å². The van der Waals surface area contributed by atoms with Crippen LogP contribution < -0.4 is 4.72 Å². The third kappa shape index (κ3) is 5.92. The molecule has 0 aliphatic rings. The molecule has 10 heteroatoms. The largest absolute Gasteiger partial charge is 0.382 e. The zero-order chi connectivity index (χ0) is 19.4. The molecule has 1 unspecified atom stereocenters. The highest BCUT2D eigenvalue weighted by Crippen LogP contribution is 2.31. The summed E-state index contributed by atoms with van der Waals surface area (Å²) < 4.78 is 28.4. The van der Waals surface area contributed by atoms with Crippen LogP contribution in [0.3, 0.4) is 0 Å². The summed E-state index contributed by atoms with van der Waals surface area (Å²) in [7, 11) is -3.54. The average Bonchev–Trinajstić information content (AvgIpc) is 3.04. The number of aromatic nitrogens is 3. The van der Waals surface area contributed by atoms with Gasteiger partial charge in [0.05, 0.1) is 12.3 Å². The average molecular weight is 421 g/mol. The monoisotopic (exact) mass is 420 g/mol. The van der Waals surface area contributed by atoms with Gasteiger partial charge in [-0.3, -0.25) is 0 Å². The molecule has 7 nitrogen and oxygen atoms in total. The fraction of sp³-hybridized carbons (Fsp3) is 0.500. The van der Waals surface area contributed by atoms with Crippen LogP contribution in [0.2, 0.25) is 10.0 Å². The van der Waals surface area contributed by atoms with Crippen molar-refractivity contribution < 1.29 is 13.5 Å². The molecule has 1 aromatic heterocycles. The van der Waals surface area contributed by atoms with E-state index >= 15 is 0 Å². The molecule has 1 aromatic carbocycles. The fourth-order valence-corrected chi connectivity index (χ4v) is 4.35. The molecular weight excluding hydrogens is 399 g/mol. The molecule has 0 saturated carbocycles. The molecular formula is C16H22Cl2N4O3S. The number of hydrogen-bond acceptors (Lipinski definition) is 5. The number of aliphatic hydroxyl groups is 1. The Kier molecular flexibility index (Phi) is 7.04. The number of rotatable bonds is 9. The molecule has 0 amide bonds. The highest BCUT2D eigenvalue weighted by atomic mass is 35.5. The van der Waals surface area contributed by atoms with Crippen LogP contribution >= 0.6 is 23.2 Å². The van der Waals surface area contributed by atoms with E-state index < -0.39 is 15.6 Å². The van der Waals surface area contributed by atoms with Gasteiger partial charge in [-0.25, -0.2) is 22.8 Å². The molecule has 0 spiro atoms. The van der Waals surface area contributed by atoms with Crippen molar-refractivity contribution >= 4 is 33.2 Å². The summed E-state index contributed by atoms with van der Waals surface area (Å²) >= 11 is 12.2. The molecule has 0 saturated heterocycles. The first-order valence-corrected chi connectivity index (χ1v) is 10.5. The van der Waals surface area contributed by atoms with Gasteiger partial charge in [0.15, 0.2) is 0 Å². The summed E-state index contributed by atoms with van der Waals surface area (Å²) in [5, 5.41) is 15.9. The van der Waals surface area contributed by atoms with Gasteiger partial charge in [-0.15, -0.1) is 0 Å². The van der Waals surface area contributed by atoms with E-state index in [2.05, 4.69) is 14.8 Å². The van der Waals surface area contributed by atoms with Crippen molar-refractivity contribution in [3.63, 3.8) is 0 Å². The van der Waals surface area contributed by atoms with Gasteiger partial charge in [0.2, 0.25) is 10.0 Å². The lowest BCUT2D eigenvalue weighted by Crippen LogP contribution is -2.44. The van der Waals surface area contributed by atoms with Crippen LogP contribution in [0.15, 0.2) is 30.9 Å². The number of nitrogens with one attached hydrogen (secondary N) is 1. The fourth-order valence-electron chi connectivity index (χ4n) is 2.38. The van der Waals surface area contributed by atoms with Gasteiger partial charge in [-0.1, -0.05) is 43.1 Å². The third-order valence-electron chi connectivity index (χ3n) is 3.87. The maximum absolute atomic E-state index is 12.2. The summed E-state index contributed by atoms with van der Waals surface area (Å²) in [5.74, 6) is 0.240. The Morgan fingerprint density at radius 3 is 2.65 bits per heavy atom. The van der Waals surface area contributed by atoms with Gasteiger partial charge >= 0.3 is 0 Å². The first-order chi connectivity index (χ1) is 12.1. The summed E-state index contributed by atoms with van der Waals surface area (Å²) in [4.78, 5) is 3.84. The molecule has 0 aliphatic carbocycles. The molecule has 0 aliphatic heterocycles. The lowest BCUT2D eigenvalue weighted by molar-refractivity contribution is 0.0204. The van der Waals surface area contributed by atoms with Gasteiger partial charge in [-0.05, 0) is 24.5 Å². The van der Waals surface area contributed by atoms with Crippen LogP contribution in [0.1, 0.15) is 25.8 Å². The lowest BCUT2D eigenvalue weighted by Gasteiger charge is -2.29. The predicted octanol–water partition coefficient (Wildman–Crippen LogP) is 2.44. The van der Waals surface area contributed by atoms with Crippen molar-refractivity contribution in [2.75, 3.05) is 12.3 Å². The van der Waals surface area contributed by atoms with Crippen molar-refractivity contribution in [1.82, 2.24) is 19.5 Å². The van der Waals surface area contributed by atoms with Gasteiger partial charge in [0, 0.05) is 22.2 Å². The first kappa shape index (κ1) is 21.1. The summed E-state index contributed by atoms with van der Waals surface area (Å²) in [6, 6.07) is 4.66. The lowest BCUT2D eigenvalue weighted by atomic mass is 9.94. The zero-order valence-corrected chi connectivity index (χ0v) is 16.9. The van der Waals surface area contributed by atoms with Crippen LogP contribution in [-0.4, -0.2) is 40.6 Å². The maximum atomic E-state index is 12.2. The van der Waals surface area contributed by atoms with E-state index in [4.69, 9.17) is 23.2 Å². The normalized spacial score (nSPS) is 14.5. The summed E-state index contributed by atoms with van der Waals surface area (Å²) in [6.07, 6.45) is 3.29. The SMILES string of the molecule is CC(C)CCS(=O)(=O)NCC(O)(Cn1cncn1)c1ccc(Cl)cc1Cl. The highest BCUT2D eigenvalue weighted by Gasteiger charge is 2.34. The summed E-state index contributed by atoms with van der Waals surface area (Å²) in [6.45, 7) is 3.61. The number of sulfonamides is 1. The topological polar surface area (TPSA) is 97.1 Å². The van der Waals surface area contributed by atoms with Crippen molar-refractivity contribution in [2.45, 2.75) is 32.4 Å². The van der Waals surface area contributed by atoms with E-state index in [1.807, 2.05) is 13.8 Å². The predicted molar refractivity (Wildman–Crippen MR) is 102 cm³/mol. The number of hydrogen-bond donors (Lipinski definition) is 2. The zero-order valence-electron chi connectivity index (χ0n) is 14.6. The van der Waals surface area contributed by atoms with Gasteiger partial charge in [-0.2, -0.15) is 5.10 Å². The molecule has 1 atom stereocenters. The number of nitrogens with zero attached hydrogens (tertiary/aromatic N) is 3. The quantitative estimate of drug-likeness (QED) is 0.648. The van der Waals surface area contributed by atoms with Crippen molar-refractivity contribution in [1.29, 1.82) is 0 Å². The standard InChI is InChI=1S/C16H22Cl2N4O3S/c1-12(2)5-6-26(24,25)21-8-16(23,9-22-11-19-10-20-22)14-4-3-13(17)7-15(14)18/h3-4,7,10-12,21,23H,5-6,8-9H2,1-2H3. The molecule has 0 fully saturated rings. The Morgan fingerprint density at radius 2 is 2.08 bits per heavy atom. The Hall–Kier alpha value is -1.19. The molecule has 2 aromatic rings. The van der Waals surface area contributed by atoms with Gasteiger partial charge < -0.3 is 5.11 Å². The Bertz CT molecular complexity index is 828. The van der Waals surface area contributed by atoms with Crippen LogP contribution in [0.5, 0.6) is 0 Å². The summed E-state index contributed by atoms with van der Waals surface area (Å²) in [5.41, 5.74) is -1.27. The molecule has 26 heavy (non-hydrogen) atoms. The minimum Gasteiger partial charge on any atom is -0.382 e. The molecule has 0 radical (unpaired) electrons. The third-order valence-corrected chi connectivity index (χ3v) is 5.78. The van der Waals surface area contributed by atoms with E-state index in [0.29, 0.717) is 17.0 Å². The van der Waals surface area contributed by atoms with E-state index in [0.717, 1.165) is 0 Å². The van der Waals surface area contributed by atoms with Crippen molar-refractivity contribution in [3.05, 3.63) is 46.5 Å². The second-order valence-corrected chi connectivity index (χ2v) is 9.34. The van der Waals surface area contributed by atoms with Gasteiger partial charge in [0.1, 0.15) is 18.3 Å². The minimum atomic E-state index is -3.54.